The van der Waals surface area contributed by atoms with Gasteiger partial charge in [-0.15, -0.1) is 0 Å². The fraction of sp³-hybridized carbons (Fsp3) is 0. The third kappa shape index (κ3) is 2.54. The molecule has 26 heavy (non-hydrogen) atoms. The van der Waals surface area contributed by atoms with E-state index in [-0.39, 0.29) is 12.4 Å². The number of allylic oxidation sites excluding steroid dienone is 1. The largest absolute Gasteiger partial charge is 1.00 e. The van der Waals surface area contributed by atoms with Gasteiger partial charge < -0.3 is 17.4 Å². The van der Waals surface area contributed by atoms with Crippen LogP contribution in [0.3, 0.4) is 0 Å². The van der Waals surface area contributed by atoms with Crippen molar-refractivity contribution in [1.29, 1.82) is 0 Å². The van der Waals surface area contributed by atoms with Gasteiger partial charge in [0, 0.05) is 57.2 Å². The Morgan fingerprint density at radius 3 is 2.65 bits per heavy atom. The summed E-state index contributed by atoms with van der Waals surface area (Å²) < 4.78 is 0. The van der Waals surface area contributed by atoms with E-state index in [1.54, 1.807) is 0 Å². The van der Waals surface area contributed by atoms with Crippen LogP contribution in [-0.2, 0) is 0 Å². The lowest BCUT2D eigenvalue weighted by molar-refractivity contribution is -0.378. The molecule has 2 N–H and O–H groups in total. The Hall–Kier alpha value is -3.17. The van der Waals surface area contributed by atoms with Crippen LogP contribution in [0.4, 0.5) is 5.69 Å². The van der Waals surface area contributed by atoms with Crippen LogP contribution >= 0.6 is 0 Å². The molecule has 3 nitrogen and oxygen atoms in total. The van der Waals surface area contributed by atoms with E-state index >= 15 is 0 Å². The minimum Gasteiger partial charge on any atom is -1.00 e. The summed E-state index contributed by atoms with van der Waals surface area (Å²) in [4.78, 5) is 11.2. The number of benzene rings is 2. The Kier molecular flexibility index (Phi) is 4.15. The molecule has 4 aromatic rings. The zero-order valence-electron chi connectivity index (χ0n) is 13.9. The number of hydrogen-bond donors (Lipinski definition) is 1. The predicted octanol–water partition coefficient (Wildman–Crippen LogP) is 1.66. The second-order valence-corrected chi connectivity index (χ2v) is 6.10. The van der Waals surface area contributed by atoms with E-state index in [4.69, 9.17) is 0 Å². The van der Waals surface area contributed by atoms with E-state index in [0.29, 0.717) is 0 Å². The van der Waals surface area contributed by atoms with Gasteiger partial charge in [-0.25, -0.2) is 4.98 Å². The number of fused-ring (bicyclic) bond motifs is 2. The topological polar surface area (TPSA) is 42.3 Å². The molecule has 1 aliphatic rings. The molecule has 2 aromatic carbocycles. The van der Waals surface area contributed by atoms with Crippen LogP contribution in [-0.4, -0.2) is 11.2 Å². The third-order valence-corrected chi connectivity index (χ3v) is 4.65. The minimum atomic E-state index is 0. The number of aromatic nitrogens is 2. The number of rotatable bonds is 2. The van der Waals surface area contributed by atoms with Crippen molar-refractivity contribution in [3.8, 4) is 0 Å². The van der Waals surface area contributed by atoms with Crippen LogP contribution in [0.25, 0.3) is 22.0 Å². The predicted molar refractivity (Wildman–Crippen MR) is 102 cm³/mol. The van der Waals surface area contributed by atoms with Crippen LogP contribution in [0.5, 0.6) is 0 Å². The van der Waals surface area contributed by atoms with Crippen LogP contribution in [0.2, 0.25) is 0 Å². The van der Waals surface area contributed by atoms with E-state index < -0.39 is 0 Å². The Morgan fingerprint density at radius 1 is 0.923 bits per heavy atom. The molecule has 0 saturated carbocycles. The van der Waals surface area contributed by atoms with Crippen molar-refractivity contribution in [3.05, 3.63) is 95.9 Å². The fourth-order valence-corrected chi connectivity index (χ4v) is 3.50. The van der Waals surface area contributed by atoms with Crippen LogP contribution in [0.15, 0.2) is 84.2 Å². The average molecular weight is 358 g/mol. The summed E-state index contributed by atoms with van der Waals surface area (Å²) in [7, 11) is 0. The number of hydrogen-bond acceptors (Lipinski definition) is 1. The highest BCUT2D eigenvalue weighted by atomic mass is 35.5. The molecule has 0 unspecified atom stereocenters. The van der Waals surface area contributed by atoms with Gasteiger partial charge >= 0.3 is 0 Å². The minimum absolute atomic E-state index is 0. The van der Waals surface area contributed by atoms with E-state index in [9.17, 15) is 0 Å². The van der Waals surface area contributed by atoms with Gasteiger partial charge in [-0.05, 0) is 18.2 Å². The maximum Gasteiger partial charge on any atom is 0.174 e. The molecule has 0 fully saturated rings. The quantitative estimate of drug-likeness (QED) is 0.567. The Bertz CT molecular complexity index is 1140. The standard InChI is InChI=1S/C22H15N3.ClH/c1-3-9-20-16(7-1)18(13-24-20)22(15-6-5-11-23-12-15)19-14-25-21-10-4-2-8-17(19)21;/h1-14,24H;1H/b22-19+;. The van der Waals surface area contributed by atoms with Crippen molar-refractivity contribution in [2.75, 3.05) is 0 Å². The highest BCUT2D eigenvalue weighted by Gasteiger charge is 2.21. The van der Waals surface area contributed by atoms with E-state index in [1.165, 1.54) is 22.1 Å². The van der Waals surface area contributed by atoms with Gasteiger partial charge in [-0.2, -0.15) is 0 Å². The number of halogens is 1. The Morgan fingerprint density at radius 2 is 1.77 bits per heavy atom. The number of para-hydroxylation sites is 2. The van der Waals surface area contributed by atoms with Crippen molar-refractivity contribution >= 4 is 34.0 Å². The molecule has 5 rings (SSSR count). The molecular weight excluding hydrogens is 342 g/mol. The lowest BCUT2D eigenvalue weighted by Gasteiger charge is -2.10. The molecule has 0 radical (unpaired) electrons. The second kappa shape index (κ2) is 6.62. The summed E-state index contributed by atoms with van der Waals surface area (Å²) in [5, 5.41) is 1.21. The molecule has 3 heterocycles. The van der Waals surface area contributed by atoms with Crippen LogP contribution in [0, 0.1) is 0 Å². The van der Waals surface area contributed by atoms with Crippen molar-refractivity contribution in [3.63, 3.8) is 0 Å². The van der Waals surface area contributed by atoms with Gasteiger partial charge in [0.15, 0.2) is 12.4 Å². The first-order valence-electron chi connectivity index (χ1n) is 8.32. The van der Waals surface area contributed by atoms with Gasteiger partial charge in [-0.3, -0.25) is 4.99 Å². The summed E-state index contributed by atoms with van der Waals surface area (Å²) in [5.74, 6) is 0. The SMILES string of the molecule is C1=Nc2ccccc2/C1=C(\c1ccc[nH+]c1)c1c[nH]c2ccccc12.[Cl-]. The van der Waals surface area contributed by atoms with Gasteiger partial charge in [0.2, 0.25) is 0 Å². The number of H-pyrrole nitrogens is 2. The van der Waals surface area contributed by atoms with Gasteiger partial charge in [0.05, 0.1) is 5.69 Å². The van der Waals surface area contributed by atoms with Crippen LogP contribution in [0.1, 0.15) is 16.7 Å². The van der Waals surface area contributed by atoms with E-state index in [1.807, 2.05) is 30.7 Å². The number of aliphatic imine (C=N–C) groups is 1. The highest BCUT2D eigenvalue weighted by Crippen LogP contribution is 2.40. The molecule has 0 atom stereocenters. The van der Waals surface area contributed by atoms with Crippen molar-refractivity contribution in [1.82, 2.24) is 4.98 Å². The summed E-state index contributed by atoms with van der Waals surface area (Å²) in [6, 6.07) is 20.9. The molecule has 2 aromatic heterocycles. The summed E-state index contributed by atoms with van der Waals surface area (Å²) in [6.45, 7) is 0. The third-order valence-electron chi connectivity index (χ3n) is 4.65. The average Bonchev–Trinajstić information content (AvgIpc) is 3.29. The Balaban J connectivity index is 0.00000168. The number of pyridine rings is 1. The molecule has 0 bridgehead atoms. The summed E-state index contributed by atoms with van der Waals surface area (Å²) >= 11 is 0. The smallest absolute Gasteiger partial charge is 0.174 e. The fourth-order valence-electron chi connectivity index (χ4n) is 3.50. The molecule has 126 valence electrons. The molecule has 0 aliphatic carbocycles. The van der Waals surface area contributed by atoms with Gasteiger partial charge in [0.25, 0.3) is 0 Å². The van der Waals surface area contributed by atoms with Gasteiger partial charge in [-0.1, -0.05) is 36.4 Å². The molecule has 1 aliphatic heterocycles. The molecule has 0 saturated heterocycles. The zero-order chi connectivity index (χ0) is 16.6. The summed E-state index contributed by atoms with van der Waals surface area (Å²) in [5.41, 5.74) is 8.00. The highest BCUT2D eigenvalue weighted by molar-refractivity contribution is 6.27. The maximum absolute atomic E-state index is 4.61. The maximum atomic E-state index is 4.61. The number of nitrogens with zero attached hydrogens (tertiary/aromatic N) is 1. The number of nitrogens with one attached hydrogen (secondary N) is 2. The molecule has 4 heteroatoms. The Labute approximate surface area is 157 Å². The monoisotopic (exact) mass is 357 g/mol. The first-order valence-corrected chi connectivity index (χ1v) is 8.32. The van der Waals surface area contributed by atoms with Crippen molar-refractivity contribution in [2.24, 2.45) is 4.99 Å². The number of aromatic amines is 2. The van der Waals surface area contributed by atoms with Crippen molar-refractivity contribution < 1.29 is 17.4 Å². The first kappa shape index (κ1) is 16.3. The lowest BCUT2D eigenvalue weighted by Crippen LogP contribution is -3.00. The van der Waals surface area contributed by atoms with E-state index in [2.05, 4.69) is 69.7 Å². The lowest BCUT2D eigenvalue weighted by atomic mass is 9.91. The van der Waals surface area contributed by atoms with E-state index in [0.717, 1.165) is 22.3 Å². The first-order chi connectivity index (χ1) is 12.4. The van der Waals surface area contributed by atoms with Crippen molar-refractivity contribution in [2.45, 2.75) is 0 Å². The zero-order valence-corrected chi connectivity index (χ0v) is 14.7. The van der Waals surface area contributed by atoms with Crippen LogP contribution < -0.4 is 17.4 Å². The molecule has 0 spiro atoms. The second-order valence-electron chi connectivity index (χ2n) is 6.10. The molecule has 0 amide bonds. The normalized spacial score (nSPS) is 14.2. The van der Waals surface area contributed by atoms with Gasteiger partial charge in [0.1, 0.15) is 0 Å². The molecular formula is C22H16ClN3. The summed E-state index contributed by atoms with van der Waals surface area (Å²) in [6.07, 6.45) is 8.04.